The Morgan fingerprint density at radius 2 is 1.62 bits per heavy atom. The van der Waals surface area contributed by atoms with Crippen LogP contribution in [-0.2, 0) is 24.8 Å². The molecule has 1 fully saturated rings. The lowest BCUT2D eigenvalue weighted by atomic mass is 10.3. The van der Waals surface area contributed by atoms with Gasteiger partial charge in [0.25, 0.3) is 0 Å². The Morgan fingerprint density at radius 3 is 2.21 bits per heavy atom. The maximum absolute atomic E-state index is 13.0. The van der Waals surface area contributed by atoms with Crippen molar-refractivity contribution in [2.24, 2.45) is 0 Å². The van der Waals surface area contributed by atoms with Crippen molar-refractivity contribution >= 4 is 54.8 Å². The van der Waals surface area contributed by atoms with Crippen molar-refractivity contribution in [2.45, 2.75) is 16.7 Å². The van der Waals surface area contributed by atoms with E-state index < -0.39 is 32.5 Å². The first-order chi connectivity index (χ1) is 15.9. The fourth-order valence-electron chi connectivity index (χ4n) is 3.43. The summed E-state index contributed by atoms with van der Waals surface area (Å²) in [5.41, 5.74) is 0.344. The molecule has 0 aromatic heterocycles. The molecule has 34 heavy (non-hydrogen) atoms. The van der Waals surface area contributed by atoms with Gasteiger partial charge in [0.2, 0.25) is 26.0 Å². The number of rotatable bonds is 8. The number of nitrogens with zero attached hydrogens (tertiary/aromatic N) is 3. The molecule has 0 aliphatic carbocycles. The van der Waals surface area contributed by atoms with Crippen LogP contribution in [0.5, 0.6) is 0 Å². The third-order valence-corrected chi connectivity index (χ3v) is 9.97. The lowest BCUT2D eigenvalue weighted by molar-refractivity contribution is -0.116. The maximum Gasteiger partial charge on any atom is 0.245 e. The van der Waals surface area contributed by atoms with Gasteiger partial charge in [0, 0.05) is 43.4 Å². The summed E-state index contributed by atoms with van der Waals surface area (Å²) >= 11 is 12.0. The minimum atomic E-state index is -4.07. The van der Waals surface area contributed by atoms with Crippen LogP contribution in [0.1, 0.15) is 6.92 Å². The summed E-state index contributed by atoms with van der Waals surface area (Å²) in [6.45, 7) is 3.31. The number of carbonyl (C=O) groups is 1. The second-order valence-electron chi connectivity index (χ2n) is 7.79. The maximum atomic E-state index is 13.0. The van der Waals surface area contributed by atoms with E-state index in [0.29, 0.717) is 31.9 Å². The van der Waals surface area contributed by atoms with E-state index in [1.165, 1.54) is 46.8 Å². The van der Waals surface area contributed by atoms with E-state index in [1.54, 1.807) is 6.92 Å². The highest BCUT2D eigenvalue weighted by molar-refractivity contribution is 7.89. The van der Waals surface area contributed by atoms with E-state index >= 15 is 0 Å². The summed E-state index contributed by atoms with van der Waals surface area (Å²) in [6.07, 6.45) is 0. The lowest BCUT2D eigenvalue weighted by Crippen LogP contribution is -2.46. The summed E-state index contributed by atoms with van der Waals surface area (Å²) in [5, 5.41) is 2.81. The number of anilines is 1. The van der Waals surface area contributed by atoms with Crippen LogP contribution >= 0.6 is 23.2 Å². The summed E-state index contributed by atoms with van der Waals surface area (Å²) < 4.78 is 54.0. The Balaban J connectivity index is 1.69. The van der Waals surface area contributed by atoms with E-state index in [-0.39, 0.29) is 26.4 Å². The van der Waals surface area contributed by atoms with Crippen molar-refractivity contribution in [1.82, 2.24) is 13.5 Å². The Hall–Kier alpha value is -1.73. The molecule has 1 heterocycles. The lowest BCUT2D eigenvalue weighted by Gasteiger charge is -2.31. The van der Waals surface area contributed by atoms with E-state index in [0.717, 1.165) is 4.31 Å². The van der Waals surface area contributed by atoms with Crippen LogP contribution in [0, 0.1) is 0 Å². The third kappa shape index (κ3) is 6.09. The van der Waals surface area contributed by atoms with Gasteiger partial charge in [0.1, 0.15) is 4.90 Å². The second-order valence-corrected chi connectivity index (χ2v) is 12.5. The van der Waals surface area contributed by atoms with Gasteiger partial charge in [-0.1, -0.05) is 30.1 Å². The van der Waals surface area contributed by atoms with Crippen LogP contribution < -0.4 is 5.32 Å². The topological polar surface area (TPSA) is 107 Å². The highest BCUT2D eigenvalue weighted by atomic mass is 35.5. The van der Waals surface area contributed by atoms with Gasteiger partial charge in [-0.3, -0.25) is 4.79 Å². The Bertz CT molecular complexity index is 1250. The van der Waals surface area contributed by atoms with Crippen LogP contribution in [-0.4, -0.2) is 82.6 Å². The Labute approximate surface area is 210 Å². The van der Waals surface area contributed by atoms with Crippen LogP contribution in [0.15, 0.2) is 52.3 Å². The zero-order valence-corrected chi connectivity index (χ0v) is 21.9. The largest absolute Gasteiger partial charge is 0.325 e. The number of benzene rings is 2. The standard InChI is InChI=1S/C21H26Cl2N4O5S2/c1-3-26(34(31,32)20-14-16(22)4-9-19(20)23)15-21(28)24-17-5-7-18(8-6-17)33(29,30)27-12-10-25(2)11-13-27/h4-9,14H,3,10-13,15H2,1-2H3,(H,24,28). The summed E-state index contributed by atoms with van der Waals surface area (Å²) in [7, 11) is -5.75. The van der Waals surface area contributed by atoms with Crippen LogP contribution in [0.2, 0.25) is 10.0 Å². The molecule has 0 bridgehead atoms. The number of amides is 1. The number of likely N-dealkylation sites (N-methyl/N-ethyl adjacent to an activating group) is 2. The monoisotopic (exact) mass is 548 g/mol. The molecule has 0 unspecified atom stereocenters. The Morgan fingerprint density at radius 1 is 1.00 bits per heavy atom. The SMILES string of the molecule is CCN(CC(=O)Nc1ccc(S(=O)(=O)N2CCN(C)CC2)cc1)S(=O)(=O)c1cc(Cl)ccc1Cl. The van der Waals surface area contributed by atoms with E-state index in [4.69, 9.17) is 23.2 Å². The van der Waals surface area contributed by atoms with Crippen LogP contribution in [0.4, 0.5) is 5.69 Å². The molecule has 186 valence electrons. The molecule has 1 aliphatic rings. The first-order valence-electron chi connectivity index (χ1n) is 10.5. The predicted octanol–water partition coefficient (Wildman–Crippen LogP) is 2.58. The van der Waals surface area contributed by atoms with Gasteiger partial charge in [0.15, 0.2) is 0 Å². The molecule has 0 radical (unpaired) electrons. The van der Waals surface area contributed by atoms with E-state index in [9.17, 15) is 21.6 Å². The molecule has 1 amide bonds. The minimum Gasteiger partial charge on any atom is -0.325 e. The molecule has 2 aromatic rings. The molecule has 9 nitrogen and oxygen atoms in total. The van der Waals surface area contributed by atoms with Crippen LogP contribution in [0.3, 0.4) is 0 Å². The quantitative estimate of drug-likeness (QED) is 0.543. The number of hydrogen-bond donors (Lipinski definition) is 1. The van der Waals surface area contributed by atoms with Gasteiger partial charge in [-0.25, -0.2) is 16.8 Å². The third-order valence-electron chi connectivity index (χ3n) is 5.42. The second kappa shape index (κ2) is 10.9. The summed E-state index contributed by atoms with van der Waals surface area (Å²) in [4.78, 5) is 14.6. The van der Waals surface area contributed by atoms with Crippen LogP contribution in [0.25, 0.3) is 0 Å². The zero-order chi connectivity index (χ0) is 25.1. The molecule has 1 aliphatic heterocycles. The number of nitrogens with one attached hydrogen (secondary N) is 1. The number of sulfonamides is 2. The first kappa shape index (κ1) is 26.9. The Kier molecular flexibility index (Phi) is 8.61. The highest BCUT2D eigenvalue weighted by Gasteiger charge is 2.29. The van der Waals surface area contributed by atoms with Crippen molar-refractivity contribution in [3.63, 3.8) is 0 Å². The molecule has 0 saturated carbocycles. The average molecular weight is 550 g/mol. The number of hydrogen-bond acceptors (Lipinski definition) is 6. The van der Waals surface area contributed by atoms with Gasteiger partial charge in [-0.15, -0.1) is 0 Å². The molecule has 0 atom stereocenters. The molecular weight excluding hydrogens is 523 g/mol. The number of piperazine rings is 1. The van der Waals surface area contributed by atoms with Gasteiger partial charge in [0.05, 0.1) is 16.5 Å². The number of halogens is 2. The minimum absolute atomic E-state index is 0.000377. The van der Waals surface area contributed by atoms with Crippen molar-refractivity contribution in [2.75, 3.05) is 51.6 Å². The highest BCUT2D eigenvalue weighted by Crippen LogP contribution is 2.28. The fraction of sp³-hybridized carbons (Fsp3) is 0.381. The molecule has 2 aromatic carbocycles. The fourth-order valence-corrected chi connectivity index (χ4v) is 6.99. The van der Waals surface area contributed by atoms with Crippen molar-refractivity contribution in [3.05, 3.63) is 52.5 Å². The van der Waals surface area contributed by atoms with E-state index in [2.05, 4.69) is 10.2 Å². The summed E-state index contributed by atoms with van der Waals surface area (Å²) in [6, 6.07) is 9.87. The molecule has 0 spiro atoms. The molecular formula is C21H26Cl2N4O5S2. The van der Waals surface area contributed by atoms with Crippen molar-refractivity contribution in [1.29, 1.82) is 0 Å². The molecule has 1 saturated heterocycles. The average Bonchev–Trinajstić information content (AvgIpc) is 2.79. The first-order valence-corrected chi connectivity index (χ1v) is 14.1. The smallest absolute Gasteiger partial charge is 0.245 e. The van der Waals surface area contributed by atoms with Gasteiger partial charge in [-0.05, 0) is 49.5 Å². The molecule has 13 heteroatoms. The van der Waals surface area contributed by atoms with Crippen molar-refractivity contribution < 1.29 is 21.6 Å². The molecule has 1 N–H and O–H groups in total. The number of carbonyl (C=O) groups excluding carboxylic acids is 1. The van der Waals surface area contributed by atoms with Gasteiger partial charge >= 0.3 is 0 Å². The zero-order valence-electron chi connectivity index (χ0n) is 18.7. The van der Waals surface area contributed by atoms with E-state index in [1.807, 2.05) is 7.05 Å². The predicted molar refractivity (Wildman–Crippen MR) is 132 cm³/mol. The normalized spacial score (nSPS) is 16.0. The molecule has 3 rings (SSSR count). The van der Waals surface area contributed by atoms with Crippen molar-refractivity contribution in [3.8, 4) is 0 Å². The summed E-state index contributed by atoms with van der Waals surface area (Å²) in [5.74, 6) is -0.585. The van der Waals surface area contributed by atoms with Gasteiger partial charge in [-0.2, -0.15) is 8.61 Å². The van der Waals surface area contributed by atoms with Gasteiger partial charge < -0.3 is 10.2 Å².